The molecule has 3 heteroatoms. The highest BCUT2D eigenvalue weighted by Crippen LogP contribution is 2.21. The second-order valence-electron chi connectivity index (χ2n) is 3.53. The molecular weight excluding hydrogens is 194 g/mol. The van der Waals surface area contributed by atoms with Crippen LogP contribution in [-0.2, 0) is 0 Å². The van der Waals surface area contributed by atoms with Crippen LogP contribution in [-0.4, -0.2) is 11.1 Å². The highest BCUT2D eigenvalue weighted by Gasteiger charge is 2.07. The van der Waals surface area contributed by atoms with Crippen molar-refractivity contribution < 1.29 is 4.74 Å². The Kier molecular flexibility index (Phi) is 3.47. The van der Waals surface area contributed by atoms with Crippen LogP contribution < -0.4 is 10.5 Å². The summed E-state index contributed by atoms with van der Waals surface area (Å²) in [5.41, 5.74) is 7.54. The fourth-order valence-electron chi connectivity index (χ4n) is 1.18. The smallest absolute Gasteiger partial charge is 0.130 e. The summed E-state index contributed by atoms with van der Waals surface area (Å²) in [6.45, 7) is 5.97. The molecule has 1 aromatic rings. The van der Waals surface area contributed by atoms with Gasteiger partial charge in [0.1, 0.15) is 10.7 Å². The van der Waals surface area contributed by atoms with Gasteiger partial charge in [0.2, 0.25) is 0 Å². The van der Waals surface area contributed by atoms with Gasteiger partial charge in [-0.2, -0.15) is 0 Å². The topological polar surface area (TPSA) is 35.2 Å². The van der Waals surface area contributed by atoms with E-state index in [-0.39, 0.29) is 6.10 Å². The van der Waals surface area contributed by atoms with E-state index in [0.29, 0.717) is 4.99 Å². The van der Waals surface area contributed by atoms with Gasteiger partial charge < -0.3 is 10.5 Å². The van der Waals surface area contributed by atoms with Gasteiger partial charge in [0.25, 0.3) is 0 Å². The van der Waals surface area contributed by atoms with Crippen molar-refractivity contribution in [1.29, 1.82) is 0 Å². The zero-order valence-corrected chi connectivity index (χ0v) is 9.52. The Bertz CT molecular complexity index is 347. The average Bonchev–Trinajstić information content (AvgIpc) is 2.01. The number of aryl methyl sites for hydroxylation is 1. The quantitative estimate of drug-likeness (QED) is 0.776. The van der Waals surface area contributed by atoms with E-state index in [4.69, 9.17) is 22.7 Å². The molecule has 0 aliphatic heterocycles. The Labute approximate surface area is 90.1 Å². The molecule has 76 valence electrons. The number of rotatable bonds is 3. The molecule has 0 unspecified atom stereocenters. The minimum atomic E-state index is 0.130. The first-order chi connectivity index (χ1) is 6.50. The molecule has 0 heterocycles. The fraction of sp³-hybridized carbons (Fsp3) is 0.364. The van der Waals surface area contributed by atoms with Crippen LogP contribution in [0.3, 0.4) is 0 Å². The van der Waals surface area contributed by atoms with Crippen molar-refractivity contribution in [2.24, 2.45) is 5.73 Å². The van der Waals surface area contributed by atoms with Crippen LogP contribution in [0.15, 0.2) is 18.2 Å². The fourth-order valence-corrected chi connectivity index (χ4v) is 1.35. The van der Waals surface area contributed by atoms with Crippen LogP contribution in [0, 0.1) is 6.92 Å². The number of thiocarbonyl (C=S) groups is 1. The van der Waals surface area contributed by atoms with Crippen LogP contribution in [0.5, 0.6) is 5.75 Å². The van der Waals surface area contributed by atoms with E-state index < -0.39 is 0 Å². The normalized spacial score (nSPS) is 10.3. The Morgan fingerprint density at radius 3 is 2.57 bits per heavy atom. The van der Waals surface area contributed by atoms with Gasteiger partial charge in [-0.1, -0.05) is 18.3 Å². The van der Waals surface area contributed by atoms with Gasteiger partial charge in [0, 0.05) is 0 Å². The van der Waals surface area contributed by atoms with Crippen molar-refractivity contribution >= 4 is 17.2 Å². The average molecular weight is 209 g/mol. The van der Waals surface area contributed by atoms with Gasteiger partial charge in [-0.15, -0.1) is 0 Å². The highest BCUT2D eigenvalue weighted by atomic mass is 32.1. The molecule has 2 nitrogen and oxygen atoms in total. The molecule has 0 bridgehead atoms. The third kappa shape index (κ3) is 2.70. The molecule has 1 rings (SSSR count). The van der Waals surface area contributed by atoms with Gasteiger partial charge in [-0.25, -0.2) is 0 Å². The lowest BCUT2D eigenvalue weighted by Crippen LogP contribution is -2.14. The van der Waals surface area contributed by atoms with E-state index in [1.807, 2.05) is 39.0 Å². The van der Waals surface area contributed by atoms with Gasteiger partial charge in [0.15, 0.2) is 0 Å². The molecule has 0 saturated carbocycles. The Morgan fingerprint density at radius 1 is 1.43 bits per heavy atom. The molecule has 0 fully saturated rings. The summed E-state index contributed by atoms with van der Waals surface area (Å²) in [7, 11) is 0. The molecule has 0 radical (unpaired) electrons. The summed E-state index contributed by atoms with van der Waals surface area (Å²) in [4.78, 5) is 0.376. The summed E-state index contributed by atoms with van der Waals surface area (Å²) in [6.07, 6.45) is 0.130. The third-order valence-corrected chi connectivity index (χ3v) is 1.99. The highest BCUT2D eigenvalue weighted by molar-refractivity contribution is 7.80. The van der Waals surface area contributed by atoms with Crippen molar-refractivity contribution in [2.75, 3.05) is 0 Å². The maximum absolute atomic E-state index is 5.62. The predicted octanol–water partition coefficient (Wildman–Crippen LogP) is 2.42. The zero-order valence-electron chi connectivity index (χ0n) is 8.70. The van der Waals surface area contributed by atoms with Gasteiger partial charge in [-0.05, 0) is 38.5 Å². The maximum atomic E-state index is 5.62. The summed E-state index contributed by atoms with van der Waals surface area (Å²) in [5, 5.41) is 0. The molecule has 2 N–H and O–H groups in total. The van der Waals surface area contributed by atoms with Gasteiger partial charge in [0.05, 0.1) is 11.7 Å². The summed E-state index contributed by atoms with van der Waals surface area (Å²) >= 11 is 4.94. The molecule has 0 atom stereocenters. The van der Waals surface area contributed by atoms with E-state index >= 15 is 0 Å². The van der Waals surface area contributed by atoms with Gasteiger partial charge >= 0.3 is 0 Å². The molecule has 0 saturated heterocycles. The lowest BCUT2D eigenvalue weighted by molar-refractivity contribution is 0.242. The lowest BCUT2D eigenvalue weighted by atomic mass is 10.1. The predicted molar refractivity (Wildman–Crippen MR) is 62.8 cm³/mol. The second-order valence-corrected chi connectivity index (χ2v) is 3.97. The van der Waals surface area contributed by atoms with Crippen LogP contribution in [0.2, 0.25) is 0 Å². The second kappa shape index (κ2) is 4.42. The van der Waals surface area contributed by atoms with Crippen LogP contribution >= 0.6 is 12.2 Å². The molecule has 14 heavy (non-hydrogen) atoms. The molecule has 0 spiro atoms. The van der Waals surface area contributed by atoms with E-state index in [1.54, 1.807) is 0 Å². The first-order valence-corrected chi connectivity index (χ1v) is 4.98. The van der Waals surface area contributed by atoms with Crippen LogP contribution in [0.25, 0.3) is 0 Å². The summed E-state index contributed by atoms with van der Waals surface area (Å²) in [5.74, 6) is 0.771. The third-order valence-electron chi connectivity index (χ3n) is 1.77. The maximum Gasteiger partial charge on any atom is 0.130 e. The first kappa shape index (κ1) is 11.0. The van der Waals surface area contributed by atoms with Crippen molar-refractivity contribution in [3.05, 3.63) is 29.3 Å². The van der Waals surface area contributed by atoms with Crippen molar-refractivity contribution in [3.8, 4) is 5.75 Å². The van der Waals surface area contributed by atoms with Crippen LogP contribution in [0.4, 0.5) is 0 Å². The molecule has 1 aromatic carbocycles. The zero-order chi connectivity index (χ0) is 10.7. The van der Waals surface area contributed by atoms with E-state index in [9.17, 15) is 0 Å². The largest absolute Gasteiger partial charge is 0.490 e. The van der Waals surface area contributed by atoms with E-state index in [1.165, 1.54) is 0 Å². The van der Waals surface area contributed by atoms with Crippen LogP contribution in [0.1, 0.15) is 25.0 Å². The molecule has 0 aliphatic rings. The monoisotopic (exact) mass is 209 g/mol. The molecule has 0 amide bonds. The minimum absolute atomic E-state index is 0.130. The first-order valence-electron chi connectivity index (χ1n) is 4.58. The number of hydrogen-bond donors (Lipinski definition) is 1. The standard InChI is InChI=1S/C11H15NOS/c1-7(2)13-10-6-8(3)4-5-9(10)11(12)14/h4-7H,1-3H3,(H2,12,14). The van der Waals surface area contributed by atoms with Crippen molar-refractivity contribution in [3.63, 3.8) is 0 Å². The number of nitrogens with two attached hydrogens (primary N) is 1. The summed E-state index contributed by atoms with van der Waals surface area (Å²) < 4.78 is 5.62. The van der Waals surface area contributed by atoms with Crippen molar-refractivity contribution in [2.45, 2.75) is 26.9 Å². The molecular formula is C11H15NOS. The minimum Gasteiger partial charge on any atom is -0.490 e. The molecule has 0 aromatic heterocycles. The van der Waals surface area contributed by atoms with Gasteiger partial charge in [-0.3, -0.25) is 0 Å². The summed E-state index contributed by atoms with van der Waals surface area (Å²) in [6, 6.07) is 5.82. The Hall–Kier alpha value is -1.09. The van der Waals surface area contributed by atoms with E-state index in [2.05, 4.69) is 0 Å². The van der Waals surface area contributed by atoms with Crippen molar-refractivity contribution in [1.82, 2.24) is 0 Å². The number of hydrogen-bond acceptors (Lipinski definition) is 2. The SMILES string of the molecule is Cc1ccc(C(N)=S)c(OC(C)C)c1. The Morgan fingerprint density at radius 2 is 2.07 bits per heavy atom. The Balaban J connectivity index is 3.09. The molecule has 0 aliphatic carbocycles. The number of ether oxygens (including phenoxy) is 1. The van der Waals surface area contributed by atoms with E-state index in [0.717, 1.165) is 16.9 Å². The number of benzene rings is 1. The lowest BCUT2D eigenvalue weighted by Gasteiger charge is -2.14.